The zero-order valence-corrected chi connectivity index (χ0v) is 9.08. The van der Waals surface area contributed by atoms with Crippen LogP contribution in [-0.2, 0) is 6.54 Å². The van der Waals surface area contributed by atoms with E-state index in [-0.39, 0.29) is 5.82 Å². The third-order valence-electron chi connectivity index (χ3n) is 1.19. The molecule has 1 heterocycles. The number of rotatable bonds is 3. The molecule has 0 aliphatic carbocycles. The summed E-state index contributed by atoms with van der Waals surface area (Å²) >= 11 is 6.26. The number of halogens is 2. The quantitative estimate of drug-likeness (QED) is 0.487. The first-order valence-electron chi connectivity index (χ1n) is 3.08. The van der Waals surface area contributed by atoms with Gasteiger partial charge >= 0.3 is 5.82 Å². The lowest BCUT2D eigenvalue weighted by Gasteiger charge is -1.87. The summed E-state index contributed by atoms with van der Waals surface area (Å²) in [7, 11) is 0. The summed E-state index contributed by atoms with van der Waals surface area (Å²) in [6, 6.07) is 0. The molecule has 0 aliphatic rings. The second-order valence-corrected chi connectivity index (χ2v) is 3.66. The van der Waals surface area contributed by atoms with Crippen molar-refractivity contribution in [2.24, 2.45) is 0 Å². The van der Waals surface area contributed by atoms with Crippen molar-refractivity contribution >= 4 is 37.7 Å². The normalized spacial score (nSPS) is 10.2. The molecule has 1 rings (SSSR count). The van der Waals surface area contributed by atoms with Gasteiger partial charge in [0.25, 0.3) is 0 Å². The van der Waals surface area contributed by atoms with Crippen molar-refractivity contribution in [3.63, 3.8) is 0 Å². The standard InChI is InChI=1S/C5H5Br2N3O2/c6-1-2-9-3-4(7)5(8-9)10(11)12/h3H,1-2H2. The van der Waals surface area contributed by atoms with Crippen LogP contribution in [0.25, 0.3) is 0 Å². The van der Waals surface area contributed by atoms with Crippen molar-refractivity contribution in [1.29, 1.82) is 0 Å². The summed E-state index contributed by atoms with van der Waals surface area (Å²) in [6.45, 7) is 0.617. The first-order valence-corrected chi connectivity index (χ1v) is 5.00. The maximum absolute atomic E-state index is 10.3. The van der Waals surface area contributed by atoms with Crippen LogP contribution in [0.15, 0.2) is 10.7 Å². The first kappa shape index (κ1) is 9.66. The molecular formula is C5H5Br2N3O2. The minimum absolute atomic E-state index is 0.143. The number of nitrogens with zero attached hydrogens (tertiary/aromatic N) is 3. The molecule has 0 amide bonds. The Hall–Kier alpha value is -0.430. The van der Waals surface area contributed by atoms with E-state index in [4.69, 9.17) is 0 Å². The predicted octanol–water partition coefficient (Wildman–Crippen LogP) is 1.95. The fourth-order valence-corrected chi connectivity index (χ4v) is 1.54. The van der Waals surface area contributed by atoms with E-state index in [0.29, 0.717) is 11.0 Å². The molecule has 0 unspecified atom stereocenters. The van der Waals surface area contributed by atoms with Crippen molar-refractivity contribution in [3.05, 3.63) is 20.8 Å². The van der Waals surface area contributed by atoms with Gasteiger partial charge in [0.2, 0.25) is 0 Å². The summed E-state index contributed by atoms with van der Waals surface area (Å²) in [5.41, 5.74) is 0. The second kappa shape index (κ2) is 3.99. The third kappa shape index (κ3) is 2.04. The predicted molar refractivity (Wildman–Crippen MR) is 50.4 cm³/mol. The molecule has 1 aromatic heterocycles. The molecule has 66 valence electrons. The Kier molecular flexibility index (Phi) is 3.21. The highest BCUT2D eigenvalue weighted by Crippen LogP contribution is 2.21. The van der Waals surface area contributed by atoms with E-state index in [1.54, 1.807) is 6.20 Å². The van der Waals surface area contributed by atoms with Crippen LogP contribution >= 0.6 is 31.9 Å². The molecule has 0 aliphatic heterocycles. The molecule has 0 aromatic carbocycles. The molecule has 0 saturated carbocycles. The Balaban J connectivity index is 2.92. The number of nitro groups is 1. The van der Waals surface area contributed by atoms with Gasteiger partial charge in [-0.3, -0.25) is 0 Å². The van der Waals surface area contributed by atoms with Crippen molar-refractivity contribution in [1.82, 2.24) is 9.78 Å². The second-order valence-electron chi connectivity index (χ2n) is 2.01. The average Bonchev–Trinajstić information content (AvgIpc) is 2.32. The molecule has 12 heavy (non-hydrogen) atoms. The maximum atomic E-state index is 10.3. The zero-order chi connectivity index (χ0) is 9.14. The average molecular weight is 299 g/mol. The van der Waals surface area contributed by atoms with E-state index in [2.05, 4.69) is 37.0 Å². The topological polar surface area (TPSA) is 61.0 Å². The summed E-state index contributed by atoms with van der Waals surface area (Å²) in [4.78, 5) is 9.81. The molecule has 0 radical (unpaired) electrons. The van der Waals surface area contributed by atoms with Gasteiger partial charge in [-0.1, -0.05) is 15.9 Å². The Bertz CT molecular complexity index is 299. The van der Waals surface area contributed by atoms with Gasteiger partial charge in [0.15, 0.2) is 0 Å². The van der Waals surface area contributed by atoms with Gasteiger partial charge < -0.3 is 10.1 Å². The Labute approximate surface area is 85.2 Å². The van der Waals surface area contributed by atoms with Gasteiger partial charge in [0.1, 0.15) is 4.47 Å². The van der Waals surface area contributed by atoms with Crippen LogP contribution in [0.5, 0.6) is 0 Å². The number of hydrogen-bond donors (Lipinski definition) is 0. The van der Waals surface area contributed by atoms with Crippen LogP contribution in [0, 0.1) is 10.1 Å². The molecule has 0 atom stereocenters. The van der Waals surface area contributed by atoms with Crippen molar-refractivity contribution in [3.8, 4) is 0 Å². The number of hydrogen-bond acceptors (Lipinski definition) is 3. The van der Waals surface area contributed by atoms with Gasteiger partial charge in [0.05, 0.1) is 17.8 Å². The molecule has 1 aromatic rings. The molecular weight excluding hydrogens is 294 g/mol. The third-order valence-corrected chi connectivity index (χ3v) is 2.10. The molecule has 0 N–H and O–H groups in total. The lowest BCUT2D eigenvalue weighted by Crippen LogP contribution is -2.00. The van der Waals surface area contributed by atoms with E-state index in [1.165, 1.54) is 4.68 Å². The Morgan fingerprint density at radius 3 is 2.83 bits per heavy atom. The minimum atomic E-state index is -0.519. The van der Waals surface area contributed by atoms with Crippen LogP contribution in [-0.4, -0.2) is 20.0 Å². The van der Waals surface area contributed by atoms with Crippen LogP contribution in [0.4, 0.5) is 5.82 Å². The molecule has 0 spiro atoms. The van der Waals surface area contributed by atoms with Crippen LogP contribution < -0.4 is 0 Å². The van der Waals surface area contributed by atoms with E-state index in [1.807, 2.05) is 0 Å². The summed E-state index contributed by atoms with van der Waals surface area (Å²) in [6.07, 6.45) is 1.58. The van der Waals surface area contributed by atoms with Gasteiger partial charge in [0, 0.05) is 5.33 Å². The number of aromatic nitrogens is 2. The SMILES string of the molecule is O=[N+]([O-])c1nn(CCBr)cc1Br. The fraction of sp³-hybridized carbons (Fsp3) is 0.400. The fourth-order valence-electron chi connectivity index (χ4n) is 0.712. The maximum Gasteiger partial charge on any atom is 0.404 e. The summed E-state index contributed by atoms with van der Waals surface area (Å²) in [5.74, 6) is -0.143. The molecule has 0 bridgehead atoms. The minimum Gasteiger partial charge on any atom is -0.358 e. The summed E-state index contributed by atoms with van der Waals surface area (Å²) in [5, 5.41) is 14.8. The van der Waals surface area contributed by atoms with Gasteiger partial charge in [-0.25, -0.2) is 0 Å². The first-order chi connectivity index (χ1) is 5.65. The molecule has 5 nitrogen and oxygen atoms in total. The molecule has 7 heteroatoms. The van der Waals surface area contributed by atoms with E-state index in [9.17, 15) is 10.1 Å². The molecule has 0 fully saturated rings. The van der Waals surface area contributed by atoms with E-state index >= 15 is 0 Å². The smallest absolute Gasteiger partial charge is 0.358 e. The lowest BCUT2D eigenvalue weighted by atomic mass is 10.6. The highest BCUT2D eigenvalue weighted by molar-refractivity contribution is 9.10. The van der Waals surface area contributed by atoms with Gasteiger partial charge in [-0.05, 0) is 20.9 Å². The monoisotopic (exact) mass is 297 g/mol. The van der Waals surface area contributed by atoms with Crippen LogP contribution in [0.3, 0.4) is 0 Å². The zero-order valence-electron chi connectivity index (χ0n) is 5.91. The number of alkyl halides is 1. The largest absolute Gasteiger partial charge is 0.404 e. The van der Waals surface area contributed by atoms with Crippen LogP contribution in [0.1, 0.15) is 0 Å². The number of aryl methyl sites for hydroxylation is 1. The van der Waals surface area contributed by atoms with Gasteiger partial charge in [-0.15, -0.1) is 0 Å². The highest BCUT2D eigenvalue weighted by Gasteiger charge is 2.17. The summed E-state index contributed by atoms with van der Waals surface area (Å²) < 4.78 is 1.92. The van der Waals surface area contributed by atoms with Gasteiger partial charge in [-0.2, -0.15) is 4.68 Å². The molecule has 0 saturated heterocycles. The van der Waals surface area contributed by atoms with Crippen LogP contribution in [0.2, 0.25) is 0 Å². The van der Waals surface area contributed by atoms with Crippen molar-refractivity contribution < 1.29 is 4.92 Å². The Morgan fingerprint density at radius 1 is 1.75 bits per heavy atom. The lowest BCUT2D eigenvalue weighted by molar-refractivity contribution is -0.390. The van der Waals surface area contributed by atoms with Crippen molar-refractivity contribution in [2.45, 2.75) is 6.54 Å². The van der Waals surface area contributed by atoms with Crippen molar-refractivity contribution in [2.75, 3.05) is 5.33 Å². The highest BCUT2D eigenvalue weighted by atomic mass is 79.9. The van der Waals surface area contributed by atoms with E-state index < -0.39 is 4.92 Å². The Morgan fingerprint density at radius 2 is 2.42 bits per heavy atom. The van der Waals surface area contributed by atoms with E-state index in [0.717, 1.165) is 5.33 Å².